The third-order valence-electron chi connectivity index (χ3n) is 5.17. The number of rotatable bonds is 9. The highest BCUT2D eigenvalue weighted by atomic mass is 19.4. The van der Waals surface area contributed by atoms with E-state index in [1.54, 1.807) is 43.6 Å². The monoisotopic (exact) mass is 470 g/mol. The van der Waals surface area contributed by atoms with E-state index in [2.05, 4.69) is 15.6 Å². The van der Waals surface area contributed by atoms with Crippen molar-refractivity contribution in [1.82, 2.24) is 15.2 Å². The maximum absolute atomic E-state index is 13.0. The molecule has 0 saturated heterocycles. The van der Waals surface area contributed by atoms with E-state index in [0.717, 1.165) is 17.8 Å². The van der Waals surface area contributed by atoms with E-state index in [0.29, 0.717) is 18.5 Å². The zero-order valence-electron chi connectivity index (χ0n) is 18.5. The molecule has 0 bridgehead atoms. The lowest BCUT2D eigenvalue weighted by Gasteiger charge is -2.22. The van der Waals surface area contributed by atoms with Crippen LogP contribution in [-0.2, 0) is 22.2 Å². The average molecular weight is 470 g/mol. The van der Waals surface area contributed by atoms with Gasteiger partial charge in [0.2, 0.25) is 11.8 Å². The number of aromatic nitrogens is 1. The van der Waals surface area contributed by atoms with Gasteiger partial charge in [-0.3, -0.25) is 19.9 Å². The molecule has 0 spiro atoms. The van der Waals surface area contributed by atoms with Crippen LogP contribution < -0.4 is 10.6 Å². The lowest BCUT2D eigenvalue weighted by atomic mass is 10.1. The van der Waals surface area contributed by atoms with E-state index < -0.39 is 23.7 Å². The van der Waals surface area contributed by atoms with Crippen LogP contribution in [0.2, 0.25) is 0 Å². The Morgan fingerprint density at radius 3 is 2.41 bits per heavy atom. The fraction of sp³-hybridized carbons (Fsp3) is 0.240. The summed E-state index contributed by atoms with van der Waals surface area (Å²) in [7, 11) is 1.66. The second-order valence-corrected chi connectivity index (χ2v) is 7.68. The predicted octanol–water partition coefficient (Wildman–Crippen LogP) is 4.07. The Balaban J connectivity index is 1.65. The van der Waals surface area contributed by atoms with Crippen LogP contribution in [0.15, 0.2) is 79.0 Å². The lowest BCUT2D eigenvalue weighted by Crippen LogP contribution is -2.41. The topological polar surface area (TPSA) is 74.3 Å². The number of benzene rings is 2. The van der Waals surface area contributed by atoms with Gasteiger partial charge in [-0.2, -0.15) is 13.2 Å². The van der Waals surface area contributed by atoms with Crippen molar-refractivity contribution < 1.29 is 22.8 Å². The zero-order chi connectivity index (χ0) is 24.6. The summed E-state index contributed by atoms with van der Waals surface area (Å²) in [5.41, 5.74) is 0.592. The molecular weight excluding hydrogens is 445 g/mol. The van der Waals surface area contributed by atoms with Crippen LogP contribution in [0.5, 0.6) is 0 Å². The van der Waals surface area contributed by atoms with Crippen LogP contribution in [0.3, 0.4) is 0 Å². The number of likely N-dealkylation sites (N-methyl/N-ethyl adjacent to an activating group) is 1. The maximum atomic E-state index is 13.0. The molecule has 1 heterocycles. The molecule has 3 rings (SSSR count). The van der Waals surface area contributed by atoms with Crippen molar-refractivity contribution in [2.45, 2.75) is 18.6 Å². The van der Waals surface area contributed by atoms with Gasteiger partial charge in [-0.15, -0.1) is 0 Å². The molecule has 0 saturated carbocycles. The largest absolute Gasteiger partial charge is 0.416 e. The van der Waals surface area contributed by atoms with E-state index in [-0.39, 0.29) is 18.1 Å². The molecule has 0 aliphatic carbocycles. The molecule has 6 nitrogen and oxygen atoms in total. The molecule has 0 aliphatic rings. The first kappa shape index (κ1) is 24.9. The minimum absolute atomic E-state index is 0.0151. The van der Waals surface area contributed by atoms with Crippen LogP contribution in [-0.4, -0.2) is 41.8 Å². The number of hydrogen-bond acceptors (Lipinski definition) is 4. The number of anilines is 1. The molecule has 2 amide bonds. The molecule has 1 atom stereocenters. The molecule has 2 N–H and O–H groups in total. The zero-order valence-corrected chi connectivity index (χ0v) is 18.5. The standard InChI is InChI=1S/C25H25F3N4O2/c1-32(15-13-20-11-5-6-14-29-20)22(33)17-30-23(18-8-3-2-4-9-18)24(34)31-21-12-7-10-19(16-21)25(26,27)28/h2-12,14,16,23,30H,13,15,17H2,1H3,(H,31,34). The number of hydrogen-bond donors (Lipinski definition) is 2. The van der Waals surface area contributed by atoms with Crippen LogP contribution in [0.25, 0.3) is 0 Å². The molecule has 34 heavy (non-hydrogen) atoms. The van der Waals surface area contributed by atoms with Gasteiger partial charge >= 0.3 is 6.18 Å². The third-order valence-corrected chi connectivity index (χ3v) is 5.17. The predicted molar refractivity (Wildman–Crippen MR) is 123 cm³/mol. The normalized spacial score (nSPS) is 12.1. The number of carbonyl (C=O) groups is 2. The Labute approximate surface area is 195 Å². The van der Waals surface area contributed by atoms with Gasteiger partial charge in [-0.25, -0.2) is 0 Å². The molecule has 1 aromatic heterocycles. The van der Waals surface area contributed by atoms with Crippen molar-refractivity contribution >= 4 is 17.5 Å². The Hall–Kier alpha value is -3.72. The van der Waals surface area contributed by atoms with E-state index in [1.165, 1.54) is 17.0 Å². The van der Waals surface area contributed by atoms with Gasteiger partial charge in [-0.1, -0.05) is 42.5 Å². The number of alkyl halides is 3. The van der Waals surface area contributed by atoms with Crippen LogP contribution in [0.1, 0.15) is 22.9 Å². The number of halogens is 3. The van der Waals surface area contributed by atoms with E-state index in [4.69, 9.17) is 0 Å². The first-order valence-electron chi connectivity index (χ1n) is 10.6. The molecule has 9 heteroatoms. The summed E-state index contributed by atoms with van der Waals surface area (Å²) in [5.74, 6) is -0.807. The molecule has 3 aromatic rings. The van der Waals surface area contributed by atoms with Gasteiger partial charge in [0.15, 0.2) is 0 Å². The first-order valence-corrected chi connectivity index (χ1v) is 10.6. The summed E-state index contributed by atoms with van der Waals surface area (Å²) in [5, 5.41) is 5.46. The SMILES string of the molecule is CN(CCc1ccccn1)C(=O)CNC(C(=O)Nc1cccc(C(F)(F)F)c1)c1ccccc1. The van der Waals surface area contributed by atoms with Gasteiger partial charge < -0.3 is 10.2 Å². The quantitative estimate of drug-likeness (QED) is 0.495. The Morgan fingerprint density at radius 1 is 1.00 bits per heavy atom. The summed E-state index contributed by atoms with van der Waals surface area (Å²) in [6.07, 6.45) is -2.25. The van der Waals surface area contributed by atoms with Crippen molar-refractivity contribution in [3.05, 3.63) is 95.8 Å². The second kappa shape index (κ2) is 11.4. The summed E-state index contributed by atoms with van der Waals surface area (Å²) in [4.78, 5) is 31.4. The molecule has 0 radical (unpaired) electrons. The van der Waals surface area contributed by atoms with E-state index >= 15 is 0 Å². The number of nitrogens with zero attached hydrogens (tertiary/aromatic N) is 2. The Morgan fingerprint density at radius 2 is 1.74 bits per heavy atom. The molecule has 178 valence electrons. The van der Waals surface area contributed by atoms with Gasteiger partial charge in [-0.05, 0) is 35.9 Å². The summed E-state index contributed by atoms with van der Waals surface area (Å²) >= 11 is 0. The molecular formula is C25H25F3N4O2. The van der Waals surface area contributed by atoms with Crippen molar-refractivity contribution in [2.75, 3.05) is 25.5 Å². The van der Waals surface area contributed by atoms with Crippen molar-refractivity contribution in [3.8, 4) is 0 Å². The van der Waals surface area contributed by atoms with Crippen molar-refractivity contribution in [1.29, 1.82) is 0 Å². The molecule has 0 aliphatic heterocycles. The Kier molecular flexibility index (Phi) is 8.37. The van der Waals surface area contributed by atoms with Crippen molar-refractivity contribution in [2.24, 2.45) is 0 Å². The van der Waals surface area contributed by atoms with Gasteiger partial charge in [0.25, 0.3) is 0 Å². The minimum Gasteiger partial charge on any atom is -0.344 e. The smallest absolute Gasteiger partial charge is 0.344 e. The minimum atomic E-state index is -4.52. The van der Waals surface area contributed by atoms with Crippen molar-refractivity contribution in [3.63, 3.8) is 0 Å². The average Bonchev–Trinajstić information content (AvgIpc) is 2.83. The third kappa shape index (κ3) is 7.14. The van der Waals surface area contributed by atoms with Gasteiger partial charge in [0.1, 0.15) is 6.04 Å². The van der Waals surface area contributed by atoms with Gasteiger partial charge in [0, 0.05) is 37.6 Å². The lowest BCUT2D eigenvalue weighted by molar-refractivity contribution is -0.137. The second-order valence-electron chi connectivity index (χ2n) is 7.68. The van der Waals surface area contributed by atoms with Crippen LogP contribution in [0.4, 0.5) is 18.9 Å². The molecule has 1 unspecified atom stereocenters. The molecule has 2 aromatic carbocycles. The fourth-order valence-corrected chi connectivity index (χ4v) is 3.27. The maximum Gasteiger partial charge on any atom is 0.416 e. The number of pyridine rings is 1. The van der Waals surface area contributed by atoms with Gasteiger partial charge in [0.05, 0.1) is 12.1 Å². The number of amides is 2. The first-order chi connectivity index (χ1) is 16.2. The highest BCUT2D eigenvalue weighted by molar-refractivity contribution is 5.96. The van der Waals surface area contributed by atoms with Crippen LogP contribution >= 0.6 is 0 Å². The van der Waals surface area contributed by atoms with E-state index in [9.17, 15) is 22.8 Å². The summed E-state index contributed by atoms with van der Waals surface area (Å²) in [6.45, 7) is 0.318. The number of carbonyl (C=O) groups excluding carboxylic acids is 2. The highest BCUT2D eigenvalue weighted by Gasteiger charge is 2.31. The van der Waals surface area contributed by atoms with Crippen LogP contribution in [0, 0.1) is 0 Å². The number of nitrogens with one attached hydrogen (secondary N) is 2. The molecule has 0 fully saturated rings. The Bertz CT molecular complexity index is 1090. The highest BCUT2D eigenvalue weighted by Crippen LogP contribution is 2.31. The summed E-state index contributed by atoms with van der Waals surface area (Å²) < 4.78 is 39.0. The summed E-state index contributed by atoms with van der Waals surface area (Å²) in [6, 6.07) is 17.7. The fourth-order valence-electron chi connectivity index (χ4n) is 3.27. The van der Waals surface area contributed by atoms with E-state index in [1.807, 2.05) is 18.2 Å².